The molecular formula is C36H54N4O10S. The number of carboxylic acid groups (broad SMARTS) is 1. The average Bonchev–Trinajstić information content (AvgIpc) is 3.76. The molecule has 284 valence electrons. The molecule has 3 N–H and O–H groups in total. The van der Waals surface area contributed by atoms with Gasteiger partial charge in [0.15, 0.2) is 0 Å². The lowest BCUT2D eigenvalue weighted by molar-refractivity contribution is -0.144. The molecule has 0 spiro atoms. The standard InChI is InChI=1S/C36H54N4O10S/c1-26-32(51-25-38-26)28-9-7-27(8-10-28)24-37-34(44)29-6-5-13-40(29)35(45)33(36(2,3)4)39-30(41)11-14-46-16-18-48-20-22-50-23-21-49-19-17-47-15-12-31(42)43/h7-10,25,29,33H,5-6,11-24H2,1-4H3,(H,37,44)(H,39,41)(H,42,43). The normalized spacial score (nSPS) is 15.1. The van der Waals surface area contributed by atoms with E-state index in [1.807, 2.05) is 57.5 Å². The lowest BCUT2D eigenvalue weighted by Crippen LogP contribution is -2.57. The van der Waals surface area contributed by atoms with Crippen LogP contribution < -0.4 is 10.6 Å². The minimum absolute atomic E-state index is 0.0276. The van der Waals surface area contributed by atoms with E-state index in [1.54, 1.807) is 16.2 Å². The van der Waals surface area contributed by atoms with Crippen molar-refractivity contribution in [3.8, 4) is 10.4 Å². The molecule has 1 fully saturated rings. The maximum absolute atomic E-state index is 13.8. The predicted molar refractivity (Wildman–Crippen MR) is 191 cm³/mol. The minimum Gasteiger partial charge on any atom is -0.481 e. The number of ether oxygens (including phenoxy) is 5. The highest BCUT2D eigenvalue weighted by Gasteiger charge is 2.41. The van der Waals surface area contributed by atoms with E-state index in [0.29, 0.717) is 78.8 Å². The molecule has 51 heavy (non-hydrogen) atoms. The van der Waals surface area contributed by atoms with Gasteiger partial charge in [0.25, 0.3) is 0 Å². The molecule has 1 aromatic heterocycles. The Morgan fingerprint density at radius 2 is 1.43 bits per heavy atom. The number of nitrogens with one attached hydrogen (secondary N) is 2. The molecule has 14 nitrogen and oxygen atoms in total. The molecule has 0 aliphatic carbocycles. The number of thiazole rings is 1. The van der Waals surface area contributed by atoms with E-state index in [-0.39, 0.29) is 43.8 Å². The van der Waals surface area contributed by atoms with E-state index < -0.39 is 23.5 Å². The van der Waals surface area contributed by atoms with Gasteiger partial charge in [-0.2, -0.15) is 0 Å². The van der Waals surface area contributed by atoms with Gasteiger partial charge in [-0.15, -0.1) is 11.3 Å². The second-order valence-electron chi connectivity index (χ2n) is 13.2. The summed E-state index contributed by atoms with van der Waals surface area (Å²) in [7, 11) is 0. The molecule has 2 atom stereocenters. The Morgan fingerprint density at radius 3 is 1.94 bits per heavy atom. The number of carbonyl (C=O) groups excluding carboxylic acids is 3. The van der Waals surface area contributed by atoms with Crippen LogP contribution in [0.25, 0.3) is 10.4 Å². The van der Waals surface area contributed by atoms with Crippen LogP contribution in [0, 0.1) is 12.3 Å². The highest BCUT2D eigenvalue weighted by molar-refractivity contribution is 7.13. The number of hydrogen-bond acceptors (Lipinski definition) is 11. The van der Waals surface area contributed by atoms with Crippen LogP contribution in [0.1, 0.15) is 57.7 Å². The number of rotatable bonds is 24. The third-order valence-electron chi connectivity index (χ3n) is 8.11. The molecular weight excluding hydrogens is 680 g/mol. The highest BCUT2D eigenvalue weighted by atomic mass is 32.1. The van der Waals surface area contributed by atoms with Crippen molar-refractivity contribution in [2.24, 2.45) is 5.41 Å². The number of aryl methyl sites for hydroxylation is 1. The van der Waals surface area contributed by atoms with Crippen LogP contribution in [0.15, 0.2) is 29.8 Å². The van der Waals surface area contributed by atoms with Crippen molar-refractivity contribution in [2.75, 3.05) is 72.6 Å². The first-order valence-corrected chi connectivity index (χ1v) is 18.3. The first-order chi connectivity index (χ1) is 24.5. The Labute approximate surface area is 304 Å². The van der Waals surface area contributed by atoms with Crippen molar-refractivity contribution in [1.29, 1.82) is 0 Å². The number of carboxylic acids is 1. The maximum atomic E-state index is 13.8. The molecule has 1 aliphatic heterocycles. The van der Waals surface area contributed by atoms with Gasteiger partial charge in [0.2, 0.25) is 17.7 Å². The summed E-state index contributed by atoms with van der Waals surface area (Å²) in [5.41, 5.74) is 4.29. The van der Waals surface area contributed by atoms with Gasteiger partial charge in [-0.25, -0.2) is 4.98 Å². The van der Waals surface area contributed by atoms with Crippen LogP contribution in [-0.4, -0.2) is 123 Å². The zero-order chi connectivity index (χ0) is 37.1. The van der Waals surface area contributed by atoms with Crippen molar-refractivity contribution >= 4 is 35.0 Å². The van der Waals surface area contributed by atoms with Crippen molar-refractivity contribution in [3.05, 3.63) is 41.0 Å². The van der Waals surface area contributed by atoms with Crippen LogP contribution in [0.3, 0.4) is 0 Å². The zero-order valence-corrected chi connectivity index (χ0v) is 31.1. The van der Waals surface area contributed by atoms with Crippen LogP contribution in [0.5, 0.6) is 0 Å². The molecule has 2 unspecified atom stereocenters. The third kappa shape index (κ3) is 15.3. The fraction of sp³-hybridized carbons (Fsp3) is 0.639. The smallest absolute Gasteiger partial charge is 0.305 e. The zero-order valence-electron chi connectivity index (χ0n) is 30.3. The summed E-state index contributed by atoms with van der Waals surface area (Å²) in [6, 6.07) is 6.63. The largest absolute Gasteiger partial charge is 0.481 e. The molecule has 3 rings (SSSR count). The molecule has 1 aliphatic rings. The SMILES string of the molecule is Cc1ncsc1-c1ccc(CNC(=O)C2CCCN2C(=O)C(NC(=O)CCOCCOCCOCCOCCOCCC(=O)O)C(C)(C)C)cc1. The fourth-order valence-corrected chi connectivity index (χ4v) is 6.13. The molecule has 0 saturated carbocycles. The second-order valence-corrected chi connectivity index (χ2v) is 14.0. The first-order valence-electron chi connectivity index (χ1n) is 17.4. The van der Waals surface area contributed by atoms with Crippen molar-refractivity contribution in [2.45, 2.75) is 72.0 Å². The van der Waals surface area contributed by atoms with Gasteiger partial charge in [0, 0.05) is 19.5 Å². The Bertz CT molecular complexity index is 1360. The summed E-state index contributed by atoms with van der Waals surface area (Å²) in [6.07, 6.45) is 1.33. The molecule has 2 heterocycles. The highest BCUT2D eigenvalue weighted by Crippen LogP contribution is 2.28. The maximum Gasteiger partial charge on any atom is 0.305 e. The monoisotopic (exact) mass is 734 g/mol. The number of benzene rings is 1. The quantitative estimate of drug-likeness (QED) is 0.135. The molecule has 0 radical (unpaired) electrons. The Balaban J connectivity index is 1.29. The summed E-state index contributed by atoms with van der Waals surface area (Å²) >= 11 is 1.59. The van der Waals surface area contributed by atoms with E-state index in [4.69, 9.17) is 28.8 Å². The van der Waals surface area contributed by atoms with Crippen LogP contribution in [0.4, 0.5) is 0 Å². The van der Waals surface area contributed by atoms with E-state index in [2.05, 4.69) is 15.6 Å². The van der Waals surface area contributed by atoms with Crippen molar-refractivity contribution < 1.29 is 48.0 Å². The summed E-state index contributed by atoms with van der Waals surface area (Å²) in [6.45, 7) is 11.7. The topological polar surface area (TPSA) is 175 Å². The molecule has 1 saturated heterocycles. The number of likely N-dealkylation sites (tertiary alicyclic amines) is 1. The molecule has 1 aromatic carbocycles. The third-order valence-corrected chi connectivity index (χ3v) is 9.08. The van der Waals surface area contributed by atoms with Gasteiger partial charge >= 0.3 is 5.97 Å². The van der Waals surface area contributed by atoms with Gasteiger partial charge < -0.3 is 44.3 Å². The molecule has 2 aromatic rings. The van der Waals surface area contributed by atoms with Gasteiger partial charge in [-0.1, -0.05) is 45.0 Å². The lowest BCUT2D eigenvalue weighted by atomic mass is 9.85. The number of carbonyl (C=O) groups is 4. The molecule has 0 bridgehead atoms. The number of aromatic nitrogens is 1. The predicted octanol–water partition coefficient (Wildman–Crippen LogP) is 3.20. The first kappa shape index (κ1) is 41.9. The Hall–Kier alpha value is -3.47. The number of hydrogen-bond donors (Lipinski definition) is 3. The fourth-order valence-electron chi connectivity index (χ4n) is 5.32. The summed E-state index contributed by atoms with van der Waals surface area (Å²) in [4.78, 5) is 57.3. The van der Waals surface area contributed by atoms with Crippen LogP contribution in [0.2, 0.25) is 0 Å². The van der Waals surface area contributed by atoms with Gasteiger partial charge in [0.1, 0.15) is 12.1 Å². The number of aliphatic carboxylic acids is 1. The molecule has 3 amide bonds. The average molecular weight is 735 g/mol. The van der Waals surface area contributed by atoms with E-state index in [1.165, 1.54) is 0 Å². The number of amides is 3. The number of nitrogens with zero attached hydrogens (tertiary/aromatic N) is 2. The van der Waals surface area contributed by atoms with Crippen LogP contribution >= 0.6 is 11.3 Å². The molecule has 15 heteroatoms. The van der Waals surface area contributed by atoms with Crippen molar-refractivity contribution in [3.63, 3.8) is 0 Å². The van der Waals surface area contributed by atoms with Gasteiger partial charge in [-0.05, 0) is 36.3 Å². The minimum atomic E-state index is -0.894. The lowest BCUT2D eigenvalue weighted by Gasteiger charge is -2.35. The van der Waals surface area contributed by atoms with E-state index in [9.17, 15) is 19.2 Å². The van der Waals surface area contributed by atoms with E-state index in [0.717, 1.165) is 21.7 Å². The summed E-state index contributed by atoms with van der Waals surface area (Å²) in [5.74, 6) is -1.66. The summed E-state index contributed by atoms with van der Waals surface area (Å²) in [5, 5.41) is 14.4. The van der Waals surface area contributed by atoms with Gasteiger partial charge in [0.05, 0.1) is 88.6 Å². The van der Waals surface area contributed by atoms with E-state index >= 15 is 0 Å². The summed E-state index contributed by atoms with van der Waals surface area (Å²) < 4.78 is 26.9. The Kier molecular flexibility index (Phi) is 18.5. The van der Waals surface area contributed by atoms with Crippen LogP contribution in [-0.2, 0) is 49.4 Å². The Morgan fingerprint density at radius 1 is 0.882 bits per heavy atom. The van der Waals surface area contributed by atoms with Gasteiger partial charge in [-0.3, -0.25) is 19.2 Å². The second kappa shape index (κ2) is 22.5. The van der Waals surface area contributed by atoms with Crippen molar-refractivity contribution in [1.82, 2.24) is 20.5 Å².